The van der Waals surface area contributed by atoms with E-state index in [1.165, 1.54) is 23.9 Å². The van der Waals surface area contributed by atoms with Crippen molar-refractivity contribution in [1.82, 2.24) is 4.98 Å². The van der Waals surface area contributed by atoms with Crippen LogP contribution in [-0.4, -0.2) is 10.9 Å². The summed E-state index contributed by atoms with van der Waals surface area (Å²) in [4.78, 5) is 16.4. The summed E-state index contributed by atoms with van der Waals surface area (Å²) in [5.41, 5.74) is 3.56. The lowest BCUT2D eigenvalue weighted by molar-refractivity contribution is 0.102. The van der Waals surface area contributed by atoms with Gasteiger partial charge in [0.25, 0.3) is 5.91 Å². The Hall–Kier alpha value is -3.21. The van der Waals surface area contributed by atoms with E-state index in [0.29, 0.717) is 16.9 Å². The topological polar surface area (TPSA) is 54.0 Å². The normalized spacial score (nSPS) is 10.2. The average Bonchev–Trinajstić information content (AvgIpc) is 2.57. The Morgan fingerprint density at radius 3 is 2.50 bits per heavy atom. The number of halogens is 1. The van der Waals surface area contributed by atoms with Crippen LogP contribution >= 0.6 is 0 Å². The van der Waals surface area contributed by atoms with Gasteiger partial charge in [0.1, 0.15) is 5.82 Å². The lowest BCUT2D eigenvalue weighted by atomic mass is 10.2. The zero-order chi connectivity index (χ0) is 16.9. The monoisotopic (exact) mass is 321 g/mol. The predicted octanol–water partition coefficient (Wildman–Crippen LogP) is 4.53. The van der Waals surface area contributed by atoms with Crippen LogP contribution in [0.15, 0.2) is 67.0 Å². The second kappa shape index (κ2) is 6.91. The highest BCUT2D eigenvalue weighted by atomic mass is 19.1. The summed E-state index contributed by atoms with van der Waals surface area (Å²) < 4.78 is 13.2. The van der Waals surface area contributed by atoms with Gasteiger partial charge in [0.2, 0.25) is 0 Å². The summed E-state index contributed by atoms with van der Waals surface area (Å²) in [5.74, 6) is -0.749. The molecule has 1 aromatic heterocycles. The summed E-state index contributed by atoms with van der Waals surface area (Å²) in [6.45, 7) is 2.02. The van der Waals surface area contributed by atoms with Crippen molar-refractivity contribution in [3.8, 4) is 0 Å². The first-order valence-corrected chi connectivity index (χ1v) is 7.46. The van der Waals surface area contributed by atoms with E-state index in [1.54, 1.807) is 24.4 Å². The summed E-state index contributed by atoms with van der Waals surface area (Å²) in [6, 6.07) is 15.3. The second-order valence-electron chi connectivity index (χ2n) is 5.42. The van der Waals surface area contributed by atoms with E-state index in [0.717, 1.165) is 5.69 Å². The second-order valence-corrected chi connectivity index (χ2v) is 5.42. The first-order valence-electron chi connectivity index (χ1n) is 7.46. The standard InChI is InChI=1S/C19H16FN3O/c1-13-5-7-16(8-6-13)22-18-9-14(11-21-12-18)19(24)23-17-4-2-3-15(20)10-17/h2-12,22H,1H3,(H,23,24). The zero-order valence-electron chi connectivity index (χ0n) is 13.1. The molecule has 0 saturated carbocycles. The molecule has 5 heteroatoms. The third kappa shape index (κ3) is 3.95. The lowest BCUT2D eigenvalue weighted by Gasteiger charge is -2.09. The third-order valence-corrected chi connectivity index (χ3v) is 3.42. The van der Waals surface area contributed by atoms with E-state index in [2.05, 4.69) is 15.6 Å². The minimum atomic E-state index is -0.402. The predicted molar refractivity (Wildman–Crippen MR) is 93.1 cm³/mol. The van der Waals surface area contributed by atoms with Crippen molar-refractivity contribution in [1.29, 1.82) is 0 Å². The van der Waals surface area contributed by atoms with Crippen LogP contribution in [0.5, 0.6) is 0 Å². The average molecular weight is 321 g/mol. The Morgan fingerprint density at radius 1 is 0.958 bits per heavy atom. The molecule has 3 rings (SSSR count). The summed E-state index contributed by atoms with van der Waals surface area (Å²) in [6.07, 6.45) is 3.10. The minimum Gasteiger partial charge on any atom is -0.354 e. The number of carbonyl (C=O) groups is 1. The number of pyridine rings is 1. The van der Waals surface area contributed by atoms with Crippen molar-refractivity contribution in [3.63, 3.8) is 0 Å². The van der Waals surface area contributed by atoms with Crippen molar-refractivity contribution < 1.29 is 9.18 Å². The number of aromatic nitrogens is 1. The third-order valence-electron chi connectivity index (χ3n) is 3.42. The highest BCUT2D eigenvalue weighted by molar-refractivity contribution is 6.04. The van der Waals surface area contributed by atoms with Gasteiger partial charge in [0.05, 0.1) is 17.4 Å². The number of hydrogen-bond acceptors (Lipinski definition) is 3. The van der Waals surface area contributed by atoms with E-state index < -0.39 is 5.82 Å². The molecule has 0 fully saturated rings. The molecule has 0 unspecified atom stereocenters. The van der Waals surface area contributed by atoms with Gasteiger partial charge in [-0.25, -0.2) is 4.39 Å². The van der Waals surface area contributed by atoms with Gasteiger partial charge >= 0.3 is 0 Å². The molecule has 0 aliphatic rings. The van der Waals surface area contributed by atoms with Crippen molar-refractivity contribution in [3.05, 3.63) is 83.9 Å². The number of nitrogens with zero attached hydrogens (tertiary/aromatic N) is 1. The van der Waals surface area contributed by atoms with Crippen molar-refractivity contribution in [2.24, 2.45) is 0 Å². The molecule has 120 valence electrons. The molecule has 0 atom stereocenters. The van der Waals surface area contributed by atoms with Gasteiger partial charge < -0.3 is 10.6 Å². The molecule has 0 aliphatic carbocycles. The van der Waals surface area contributed by atoms with Crippen molar-refractivity contribution in [2.75, 3.05) is 10.6 Å². The van der Waals surface area contributed by atoms with Gasteiger partial charge in [-0.2, -0.15) is 0 Å². The molecule has 0 saturated heterocycles. The fourth-order valence-corrected chi connectivity index (χ4v) is 2.21. The number of amides is 1. The molecule has 0 bridgehead atoms. The van der Waals surface area contributed by atoms with Crippen molar-refractivity contribution in [2.45, 2.75) is 6.92 Å². The van der Waals surface area contributed by atoms with Crippen LogP contribution in [0, 0.1) is 12.7 Å². The molecular weight excluding hydrogens is 305 g/mol. The van der Waals surface area contributed by atoms with E-state index in [-0.39, 0.29) is 5.91 Å². The summed E-state index contributed by atoms with van der Waals surface area (Å²) in [7, 11) is 0. The number of carbonyl (C=O) groups excluding carboxylic acids is 1. The number of anilines is 3. The maximum absolute atomic E-state index is 13.2. The van der Waals surface area contributed by atoms with Gasteiger partial charge in [-0.1, -0.05) is 23.8 Å². The summed E-state index contributed by atoms with van der Waals surface area (Å²) >= 11 is 0. The Balaban J connectivity index is 1.74. The van der Waals surface area contributed by atoms with E-state index in [4.69, 9.17) is 0 Å². The minimum absolute atomic E-state index is 0.347. The van der Waals surface area contributed by atoms with Crippen LogP contribution in [0.4, 0.5) is 21.5 Å². The van der Waals surface area contributed by atoms with Gasteiger partial charge in [-0.05, 0) is 43.3 Å². The van der Waals surface area contributed by atoms with Crippen LogP contribution in [0.2, 0.25) is 0 Å². The SMILES string of the molecule is Cc1ccc(Nc2cncc(C(=O)Nc3cccc(F)c3)c2)cc1. The number of rotatable bonds is 4. The molecule has 2 N–H and O–H groups in total. The molecule has 3 aromatic rings. The number of nitrogens with one attached hydrogen (secondary N) is 2. The molecule has 0 spiro atoms. The lowest BCUT2D eigenvalue weighted by Crippen LogP contribution is -2.12. The molecule has 1 heterocycles. The molecule has 2 aromatic carbocycles. The molecule has 4 nitrogen and oxygen atoms in total. The Morgan fingerprint density at radius 2 is 1.75 bits per heavy atom. The Labute approximate surface area is 139 Å². The molecule has 24 heavy (non-hydrogen) atoms. The Bertz CT molecular complexity index is 862. The van der Waals surface area contributed by atoms with Crippen LogP contribution in [0.3, 0.4) is 0 Å². The highest BCUT2D eigenvalue weighted by Crippen LogP contribution is 2.18. The first kappa shape index (κ1) is 15.7. The van der Waals surface area contributed by atoms with Gasteiger partial charge in [0, 0.05) is 17.6 Å². The quantitative estimate of drug-likeness (QED) is 0.742. The first-order chi connectivity index (χ1) is 11.6. The largest absolute Gasteiger partial charge is 0.354 e. The summed E-state index contributed by atoms with van der Waals surface area (Å²) in [5, 5.41) is 5.85. The highest BCUT2D eigenvalue weighted by Gasteiger charge is 2.08. The van der Waals surface area contributed by atoms with Gasteiger partial charge in [-0.3, -0.25) is 9.78 Å². The molecule has 0 radical (unpaired) electrons. The molecular formula is C19H16FN3O. The van der Waals surface area contributed by atoms with Crippen LogP contribution in [0.25, 0.3) is 0 Å². The van der Waals surface area contributed by atoms with Gasteiger partial charge in [-0.15, -0.1) is 0 Å². The number of aryl methyl sites for hydroxylation is 1. The smallest absolute Gasteiger partial charge is 0.257 e. The van der Waals surface area contributed by atoms with Crippen LogP contribution < -0.4 is 10.6 Å². The number of benzene rings is 2. The van der Waals surface area contributed by atoms with Crippen LogP contribution in [-0.2, 0) is 0 Å². The molecule has 0 aliphatic heterocycles. The molecule has 1 amide bonds. The Kier molecular flexibility index (Phi) is 4.52. The van der Waals surface area contributed by atoms with Gasteiger partial charge in [0.15, 0.2) is 0 Å². The van der Waals surface area contributed by atoms with E-state index >= 15 is 0 Å². The maximum atomic E-state index is 13.2. The maximum Gasteiger partial charge on any atom is 0.257 e. The fourth-order valence-electron chi connectivity index (χ4n) is 2.21. The fraction of sp³-hybridized carbons (Fsp3) is 0.0526. The number of hydrogen-bond donors (Lipinski definition) is 2. The van der Waals surface area contributed by atoms with Crippen LogP contribution in [0.1, 0.15) is 15.9 Å². The zero-order valence-corrected chi connectivity index (χ0v) is 13.1. The van der Waals surface area contributed by atoms with Crippen molar-refractivity contribution >= 4 is 23.0 Å². The van der Waals surface area contributed by atoms with E-state index in [1.807, 2.05) is 31.2 Å². The van der Waals surface area contributed by atoms with E-state index in [9.17, 15) is 9.18 Å².